The SMILES string of the molecule is O=C(Nc1ccccc1F)c1cnc(Nc2ccc(F)cc2F)nc1. The highest BCUT2D eigenvalue weighted by molar-refractivity contribution is 6.03. The monoisotopic (exact) mass is 344 g/mol. The molecule has 3 rings (SSSR count). The molecule has 2 aromatic carbocycles. The Labute approximate surface area is 140 Å². The fourth-order valence-corrected chi connectivity index (χ4v) is 1.98. The molecule has 1 heterocycles. The maximum absolute atomic E-state index is 13.6. The van der Waals surface area contributed by atoms with Crippen LogP contribution in [0, 0.1) is 17.5 Å². The minimum atomic E-state index is -0.801. The topological polar surface area (TPSA) is 66.9 Å². The number of halogens is 3. The number of anilines is 3. The van der Waals surface area contributed by atoms with Gasteiger partial charge in [0.05, 0.1) is 16.9 Å². The standard InChI is InChI=1S/C17H11F3N4O/c18-11-5-6-15(13(20)7-11)24-17-21-8-10(9-22-17)16(25)23-14-4-2-1-3-12(14)19/h1-9H,(H,23,25)(H,21,22,24). The van der Waals surface area contributed by atoms with Crippen LogP contribution in [0.4, 0.5) is 30.5 Å². The van der Waals surface area contributed by atoms with Crippen LogP contribution in [-0.2, 0) is 0 Å². The minimum Gasteiger partial charge on any atom is -0.322 e. The summed E-state index contributed by atoms with van der Waals surface area (Å²) in [5.74, 6) is -2.64. The van der Waals surface area contributed by atoms with Crippen molar-refractivity contribution in [2.45, 2.75) is 0 Å². The molecule has 0 bridgehead atoms. The van der Waals surface area contributed by atoms with Gasteiger partial charge < -0.3 is 10.6 Å². The van der Waals surface area contributed by atoms with E-state index in [9.17, 15) is 18.0 Å². The zero-order chi connectivity index (χ0) is 17.8. The highest BCUT2D eigenvalue weighted by Crippen LogP contribution is 2.18. The normalized spacial score (nSPS) is 10.4. The van der Waals surface area contributed by atoms with Crippen LogP contribution in [0.25, 0.3) is 0 Å². The van der Waals surface area contributed by atoms with Crippen molar-refractivity contribution in [3.63, 3.8) is 0 Å². The summed E-state index contributed by atoms with van der Waals surface area (Å²) in [6, 6.07) is 8.73. The van der Waals surface area contributed by atoms with Gasteiger partial charge in [0, 0.05) is 18.5 Å². The largest absolute Gasteiger partial charge is 0.322 e. The number of rotatable bonds is 4. The zero-order valence-electron chi connectivity index (χ0n) is 12.6. The van der Waals surface area contributed by atoms with Crippen LogP contribution in [0.1, 0.15) is 10.4 Å². The number of carbonyl (C=O) groups excluding carboxylic acids is 1. The summed E-state index contributed by atoms with van der Waals surface area (Å²) in [6.07, 6.45) is 2.40. The van der Waals surface area contributed by atoms with Gasteiger partial charge in [0.1, 0.15) is 17.5 Å². The van der Waals surface area contributed by atoms with E-state index < -0.39 is 23.4 Å². The number of nitrogens with one attached hydrogen (secondary N) is 2. The molecule has 1 aromatic heterocycles. The molecular formula is C17H11F3N4O. The molecule has 0 aliphatic carbocycles. The molecule has 25 heavy (non-hydrogen) atoms. The van der Waals surface area contributed by atoms with Crippen LogP contribution in [0.3, 0.4) is 0 Å². The molecule has 0 spiro atoms. The van der Waals surface area contributed by atoms with Crippen molar-refractivity contribution in [2.24, 2.45) is 0 Å². The molecule has 3 aromatic rings. The Hall–Kier alpha value is -3.42. The molecule has 1 amide bonds. The molecule has 0 aliphatic rings. The molecule has 5 nitrogen and oxygen atoms in total. The smallest absolute Gasteiger partial charge is 0.258 e. The van der Waals surface area contributed by atoms with E-state index in [0.29, 0.717) is 0 Å². The first-order valence-electron chi connectivity index (χ1n) is 7.13. The summed E-state index contributed by atoms with van der Waals surface area (Å²) in [5, 5.41) is 4.96. The lowest BCUT2D eigenvalue weighted by atomic mass is 10.2. The predicted molar refractivity (Wildman–Crippen MR) is 86.0 cm³/mol. The summed E-state index contributed by atoms with van der Waals surface area (Å²) in [4.78, 5) is 19.8. The number of amides is 1. The first kappa shape index (κ1) is 16.4. The molecule has 126 valence electrons. The molecule has 0 atom stereocenters. The number of hydrogen-bond donors (Lipinski definition) is 2. The van der Waals surface area contributed by atoms with Gasteiger partial charge in [0.25, 0.3) is 5.91 Å². The van der Waals surface area contributed by atoms with Gasteiger partial charge in [-0.25, -0.2) is 23.1 Å². The van der Waals surface area contributed by atoms with Crippen LogP contribution < -0.4 is 10.6 Å². The second-order valence-corrected chi connectivity index (χ2v) is 4.98. The third-order valence-electron chi connectivity index (χ3n) is 3.21. The van der Waals surface area contributed by atoms with Crippen LogP contribution in [0.15, 0.2) is 54.9 Å². The lowest BCUT2D eigenvalue weighted by molar-refractivity contribution is 0.102. The number of benzene rings is 2. The van der Waals surface area contributed by atoms with E-state index >= 15 is 0 Å². The fraction of sp³-hybridized carbons (Fsp3) is 0. The Balaban J connectivity index is 1.71. The second kappa shape index (κ2) is 7.00. The van der Waals surface area contributed by atoms with Crippen molar-refractivity contribution >= 4 is 23.2 Å². The van der Waals surface area contributed by atoms with Crippen molar-refractivity contribution in [3.8, 4) is 0 Å². The van der Waals surface area contributed by atoms with Gasteiger partial charge in [-0.15, -0.1) is 0 Å². The van der Waals surface area contributed by atoms with E-state index in [2.05, 4.69) is 20.6 Å². The van der Waals surface area contributed by atoms with Crippen molar-refractivity contribution in [1.82, 2.24) is 9.97 Å². The Bertz CT molecular complexity index is 916. The molecule has 8 heteroatoms. The van der Waals surface area contributed by atoms with Gasteiger partial charge >= 0.3 is 0 Å². The first-order chi connectivity index (χ1) is 12.0. The number of nitrogens with zero attached hydrogens (tertiary/aromatic N) is 2. The van der Waals surface area contributed by atoms with Gasteiger partial charge in [-0.1, -0.05) is 12.1 Å². The Kier molecular flexibility index (Phi) is 4.60. The summed E-state index contributed by atoms with van der Waals surface area (Å²) in [5.41, 5.74) is 0.112. The third kappa shape index (κ3) is 3.92. The molecule has 0 saturated heterocycles. The van der Waals surface area contributed by atoms with E-state index in [1.54, 1.807) is 6.07 Å². The lowest BCUT2D eigenvalue weighted by Gasteiger charge is -2.08. The summed E-state index contributed by atoms with van der Waals surface area (Å²) < 4.78 is 40.0. The first-order valence-corrected chi connectivity index (χ1v) is 7.13. The van der Waals surface area contributed by atoms with Gasteiger partial charge in [-0.05, 0) is 24.3 Å². The van der Waals surface area contributed by atoms with E-state index in [-0.39, 0.29) is 22.9 Å². The molecular weight excluding hydrogens is 333 g/mol. The van der Waals surface area contributed by atoms with Crippen LogP contribution >= 0.6 is 0 Å². The van der Waals surface area contributed by atoms with Crippen molar-refractivity contribution in [1.29, 1.82) is 0 Å². The Morgan fingerprint density at radius 3 is 2.28 bits per heavy atom. The summed E-state index contributed by atoms with van der Waals surface area (Å²) >= 11 is 0. The van der Waals surface area contributed by atoms with Gasteiger partial charge in [0.15, 0.2) is 0 Å². The van der Waals surface area contributed by atoms with E-state index in [4.69, 9.17) is 0 Å². The molecule has 0 saturated carbocycles. The maximum Gasteiger partial charge on any atom is 0.258 e. The quantitative estimate of drug-likeness (QED) is 0.753. The number of aromatic nitrogens is 2. The molecule has 0 aliphatic heterocycles. The van der Waals surface area contributed by atoms with Crippen molar-refractivity contribution < 1.29 is 18.0 Å². The van der Waals surface area contributed by atoms with E-state index in [1.165, 1.54) is 36.7 Å². The lowest BCUT2D eigenvalue weighted by Crippen LogP contribution is -2.14. The van der Waals surface area contributed by atoms with E-state index in [1.807, 2.05) is 0 Å². The molecule has 2 N–H and O–H groups in total. The maximum atomic E-state index is 13.6. The number of para-hydroxylation sites is 1. The average Bonchev–Trinajstić information content (AvgIpc) is 2.60. The summed E-state index contributed by atoms with van der Waals surface area (Å²) in [7, 11) is 0. The van der Waals surface area contributed by atoms with Crippen molar-refractivity contribution in [3.05, 3.63) is 77.9 Å². The highest BCUT2D eigenvalue weighted by Gasteiger charge is 2.11. The fourth-order valence-electron chi connectivity index (χ4n) is 1.98. The number of carbonyl (C=O) groups is 1. The molecule has 0 fully saturated rings. The zero-order valence-corrected chi connectivity index (χ0v) is 12.6. The van der Waals surface area contributed by atoms with E-state index in [0.717, 1.165) is 12.1 Å². The average molecular weight is 344 g/mol. The van der Waals surface area contributed by atoms with Crippen LogP contribution in [-0.4, -0.2) is 15.9 Å². The number of hydrogen-bond acceptors (Lipinski definition) is 4. The summed E-state index contributed by atoms with van der Waals surface area (Å²) in [6.45, 7) is 0. The highest BCUT2D eigenvalue weighted by atomic mass is 19.1. The Morgan fingerprint density at radius 1 is 0.880 bits per heavy atom. The van der Waals surface area contributed by atoms with Crippen molar-refractivity contribution in [2.75, 3.05) is 10.6 Å². The molecule has 0 unspecified atom stereocenters. The second-order valence-electron chi connectivity index (χ2n) is 4.98. The Morgan fingerprint density at radius 2 is 1.60 bits per heavy atom. The molecule has 0 radical (unpaired) electrons. The van der Waals surface area contributed by atoms with Gasteiger partial charge in [0.2, 0.25) is 5.95 Å². The van der Waals surface area contributed by atoms with Gasteiger partial charge in [-0.3, -0.25) is 4.79 Å². The van der Waals surface area contributed by atoms with Crippen LogP contribution in [0.2, 0.25) is 0 Å². The van der Waals surface area contributed by atoms with Crippen LogP contribution in [0.5, 0.6) is 0 Å². The predicted octanol–water partition coefficient (Wildman–Crippen LogP) is 3.89. The minimum absolute atomic E-state index is 0.00930. The third-order valence-corrected chi connectivity index (χ3v) is 3.21. The van der Waals surface area contributed by atoms with Gasteiger partial charge in [-0.2, -0.15) is 0 Å².